The van der Waals surface area contributed by atoms with Crippen LogP contribution in [0.25, 0.3) is 4.96 Å². The van der Waals surface area contributed by atoms with Gasteiger partial charge in [-0.05, 0) is 24.6 Å². The van der Waals surface area contributed by atoms with Crippen molar-refractivity contribution >= 4 is 21.4 Å². The van der Waals surface area contributed by atoms with Crippen LogP contribution in [0, 0.1) is 5.82 Å². The zero-order valence-corrected chi connectivity index (χ0v) is 13.7. The van der Waals surface area contributed by atoms with E-state index < -0.39 is 0 Å². The number of benzene rings is 1. The topological polar surface area (TPSA) is 59.7 Å². The molecule has 0 radical (unpaired) electrons. The molecule has 6 nitrogen and oxygen atoms in total. The Morgan fingerprint density at radius 1 is 1.25 bits per heavy atom. The van der Waals surface area contributed by atoms with Gasteiger partial charge in [0.25, 0.3) is 5.56 Å². The first kappa shape index (κ1) is 15.2. The molecule has 1 aliphatic heterocycles. The van der Waals surface area contributed by atoms with Gasteiger partial charge in [0.1, 0.15) is 11.9 Å². The maximum Gasteiger partial charge on any atom is 0.275 e. The molecular formula is C16H15FN4O2S. The summed E-state index contributed by atoms with van der Waals surface area (Å²) in [5.74, 6) is -0.268. The van der Waals surface area contributed by atoms with Crippen LogP contribution >= 0.6 is 11.3 Å². The SMILES string of the molecule is CC1CN(c2nn3c(=O)ccnc3s2)CC(c2ccc(F)cc2)O1. The van der Waals surface area contributed by atoms with Crippen molar-refractivity contribution in [3.8, 4) is 0 Å². The van der Waals surface area contributed by atoms with Gasteiger partial charge in [0, 0.05) is 18.8 Å². The van der Waals surface area contributed by atoms with E-state index in [9.17, 15) is 9.18 Å². The highest BCUT2D eigenvalue weighted by Crippen LogP contribution is 2.30. The van der Waals surface area contributed by atoms with Crippen molar-refractivity contribution in [3.05, 3.63) is 58.3 Å². The monoisotopic (exact) mass is 346 g/mol. The minimum atomic E-state index is -0.268. The zero-order valence-electron chi connectivity index (χ0n) is 12.9. The summed E-state index contributed by atoms with van der Waals surface area (Å²) in [7, 11) is 0. The lowest BCUT2D eigenvalue weighted by atomic mass is 10.1. The maximum atomic E-state index is 13.1. The zero-order chi connectivity index (χ0) is 16.7. The Labute approximate surface area is 141 Å². The molecule has 124 valence electrons. The van der Waals surface area contributed by atoms with E-state index in [2.05, 4.69) is 15.0 Å². The first-order chi connectivity index (χ1) is 11.6. The number of fused-ring (bicyclic) bond motifs is 1. The third kappa shape index (κ3) is 2.78. The van der Waals surface area contributed by atoms with Gasteiger partial charge in [0.15, 0.2) is 0 Å². The molecule has 2 unspecified atom stereocenters. The van der Waals surface area contributed by atoms with Crippen LogP contribution in [-0.4, -0.2) is 33.8 Å². The minimum absolute atomic E-state index is 0.00880. The number of rotatable bonds is 2. The Bertz CT molecular complexity index is 924. The molecule has 1 saturated heterocycles. The third-order valence-corrected chi connectivity index (χ3v) is 4.92. The van der Waals surface area contributed by atoms with Crippen LogP contribution in [0.5, 0.6) is 0 Å². The molecule has 0 N–H and O–H groups in total. The summed E-state index contributed by atoms with van der Waals surface area (Å²) in [6.45, 7) is 3.25. The Kier molecular flexibility index (Phi) is 3.78. The highest BCUT2D eigenvalue weighted by Gasteiger charge is 2.28. The van der Waals surface area contributed by atoms with Crippen LogP contribution in [0.3, 0.4) is 0 Å². The van der Waals surface area contributed by atoms with E-state index in [1.165, 1.54) is 40.2 Å². The molecular weight excluding hydrogens is 331 g/mol. The molecule has 0 bridgehead atoms. The second-order valence-corrected chi connectivity index (χ2v) is 6.69. The number of nitrogens with zero attached hydrogens (tertiary/aromatic N) is 4. The Morgan fingerprint density at radius 2 is 2.04 bits per heavy atom. The number of anilines is 1. The van der Waals surface area contributed by atoms with E-state index in [1.807, 2.05) is 6.92 Å². The predicted molar refractivity (Wildman–Crippen MR) is 89.0 cm³/mol. The smallest absolute Gasteiger partial charge is 0.275 e. The van der Waals surface area contributed by atoms with Crippen LogP contribution in [0.15, 0.2) is 41.3 Å². The predicted octanol–water partition coefficient (Wildman–Crippen LogP) is 2.26. The Balaban J connectivity index is 1.65. The van der Waals surface area contributed by atoms with Crippen molar-refractivity contribution in [1.29, 1.82) is 0 Å². The van der Waals surface area contributed by atoms with Crippen LogP contribution in [0.2, 0.25) is 0 Å². The summed E-state index contributed by atoms with van der Waals surface area (Å²) in [4.78, 5) is 18.7. The summed E-state index contributed by atoms with van der Waals surface area (Å²) in [6, 6.07) is 7.73. The summed E-state index contributed by atoms with van der Waals surface area (Å²) in [6.07, 6.45) is 1.31. The summed E-state index contributed by atoms with van der Waals surface area (Å²) in [5.41, 5.74) is 0.725. The van der Waals surface area contributed by atoms with E-state index in [1.54, 1.807) is 12.1 Å². The molecule has 8 heteroatoms. The average Bonchev–Trinajstić information content (AvgIpc) is 3.01. The number of hydrogen-bond acceptors (Lipinski definition) is 6. The first-order valence-corrected chi connectivity index (χ1v) is 8.42. The average molecular weight is 346 g/mol. The minimum Gasteiger partial charge on any atom is -0.367 e. The number of halogens is 1. The van der Waals surface area contributed by atoms with Crippen LogP contribution in [-0.2, 0) is 4.74 Å². The summed E-state index contributed by atoms with van der Waals surface area (Å²) in [5, 5.41) is 5.11. The van der Waals surface area contributed by atoms with Crippen LogP contribution in [0.1, 0.15) is 18.6 Å². The van der Waals surface area contributed by atoms with Gasteiger partial charge in [-0.1, -0.05) is 23.5 Å². The van der Waals surface area contributed by atoms with Crippen LogP contribution in [0.4, 0.5) is 9.52 Å². The molecule has 24 heavy (non-hydrogen) atoms. The van der Waals surface area contributed by atoms with Crippen molar-refractivity contribution in [2.24, 2.45) is 0 Å². The molecule has 3 aromatic rings. The van der Waals surface area contributed by atoms with Gasteiger partial charge in [-0.25, -0.2) is 9.37 Å². The standard InChI is InChI=1S/C16H15FN4O2S/c1-10-8-20(9-13(23-10)11-2-4-12(17)5-3-11)16-19-21-14(22)6-7-18-15(21)24-16/h2-7,10,13H,8-9H2,1H3. The lowest BCUT2D eigenvalue weighted by Gasteiger charge is -2.36. The Hall–Kier alpha value is -2.32. The molecule has 1 aliphatic rings. The van der Waals surface area contributed by atoms with E-state index in [0.29, 0.717) is 18.1 Å². The highest BCUT2D eigenvalue weighted by atomic mass is 32.1. The second-order valence-electron chi connectivity index (χ2n) is 5.75. The maximum absolute atomic E-state index is 13.1. The van der Waals surface area contributed by atoms with Crippen molar-refractivity contribution in [2.45, 2.75) is 19.1 Å². The van der Waals surface area contributed by atoms with E-state index in [-0.39, 0.29) is 23.6 Å². The van der Waals surface area contributed by atoms with Gasteiger partial charge >= 0.3 is 0 Å². The molecule has 0 amide bonds. The molecule has 0 aliphatic carbocycles. The first-order valence-electron chi connectivity index (χ1n) is 7.61. The quantitative estimate of drug-likeness (QED) is 0.712. The molecule has 1 fully saturated rings. The summed E-state index contributed by atoms with van der Waals surface area (Å²) < 4.78 is 20.4. The summed E-state index contributed by atoms with van der Waals surface area (Å²) >= 11 is 1.37. The van der Waals surface area contributed by atoms with Crippen LogP contribution < -0.4 is 10.5 Å². The van der Waals surface area contributed by atoms with E-state index >= 15 is 0 Å². The largest absolute Gasteiger partial charge is 0.367 e. The molecule has 3 heterocycles. The highest BCUT2D eigenvalue weighted by molar-refractivity contribution is 7.20. The number of aromatic nitrogens is 3. The van der Waals surface area contributed by atoms with Crippen molar-refractivity contribution in [3.63, 3.8) is 0 Å². The van der Waals surface area contributed by atoms with Gasteiger partial charge in [-0.3, -0.25) is 4.79 Å². The van der Waals surface area contributed by atoms with Crippen molar-refractivity contribution < 1.29 is 9.13 Å². The van der Waals surface area contributed by atoms with Crippen molar-refractivity contribution in [2.75, 3.05) is 18.0 Å². The van der Waals surface area contributed by atoms with E-state index in [4.69, 9.17) is 4.74 Å². The molecule has 0 saturated carbocycles. The normalized spacial score (nSPS) is 21.3. The lowest BCUT2D eigenvalue weighted by molar-refractivity contribution is -0.0174. The fraction of sp³-hybridized carbons (Fsp3) is 0.312. The fourth-order valence-electron chi connectivity index (χ4n) is 2.83. The molecule has 2 aromatic heterocycles. The Morgan fingerprint density at radius 3 is 2.79 bits per heavy atom. The van der Waals surface area contributed by atoms with Crippen molar-refractivity contribution in [1.82, 2.24) is 14.6 Å². The fourth-order valence-corrected chi connectivity index (χ4v) is 3.73. The van der Waals surface area contributed by atoms with E-state index in [0.717, 1.165) is 10.7 Å². The van der Waals surface area contributed by atoms with Gasteiger partial charge in [-0.15, -0.1) is 5.10 Å². The lowest BCUT2D eigenvalue weighted by Crippen LogP contribution is -2.43. The molecule has 4 rings (SSSR count). The number of ether oxygens (including phenoxy) is 1. The number of morpholine rings is 1. The molecule has 1 aromatic carbocycles. The second kappa shape index (κ2) is 5.95. The third-order valence-electron chi connectivity index (χ3n) is 3.93. The molecule has 0 spiro atoms. The number of hydrogen-bond donors (Lipinski definition) is 0. The van der Waals surface area contributed by atoms with Gasteiger partial charge in [-0.2, -0.15) is 4.52 Å². The van der Waals surface area contributed by atoms with Gasteiger partial charge < -0.3 is 9.64 Å². The van der Waals surface area contributed by atoms with Gasteiger partial charge in [0.05, 0.1) is 12.6 Å². The van der Waals surface area contributed by atoms with Gasteiger partial charge in [0.2, 0.25) is 10.1 Å². The molecule has 2 atom stereocenters.